The molecule has 166 valence electrons. The average Bonchev–Trinajstić information content (AvgIpc) is 3.14. The van der Waals surface area contributed by atoms with Crippen LogP contribution in [-0.2, 0) is 18.4 Å². The number of imidazole rings is 1. The van der Waals surface area contributed by atoms with Gasteiger partial charge < -0.3 is 10.1 Å². The first-order chi connectivity index (χ1) is 14.5. The van der Waals surface area contributed by atoms with E-state index in [1.54, 1.807) is 0 Å². The molecule has 0 fully saturated rings. The number of aliphatic hydroxyl groups is 1. The predicted molar refractivity (Wildman–Crippen MR) is 105 cm³/mol. The molecule has 2 aromatic heterocycles. The second-order valence-corrected chi connectivity index (χ2v) is 8.15. The number of benzene rings is 1. The van der Waals surface area contributed by atoms with Crippen molar-refractivity contribution < 1.29 is 27.1 Å². The van der Waals surface area contributed by atoms with E-state index in [-0.39, 0.29) is 17.8 Å². The van der Waals surface area contributed by atoms with Crippen LogP contribution in [0.25, 0.3) is 11.3 Å². The highest BCUT2D eigenvalue weighted by Gasteiger charge is 2.41. The summed E-state index contributed by atoms with van der Waals surface area (Å²) < 4.78 is 66.9. The Bertz CT molecular complexity index is 1000. The van der Waals surface area contributed by atoms with E-state index in [9.17, 15) is 27.1 Å². The molecule has 1 aromatic carbocycles. The smallest absolute Gasteiger partial charge is 0.271 e. The van der Waals surface area contributed by atoms with Crippen LogP contribution in [0, 0.1) is 11.2 Å². The molecule has 3 rings (SSSR count). The second-order valence-electron chi connectivity index (χ2n) is 8.15. The topological polar surface area (TPSA) is 61.8 Å². The highest BCUT2D eigenvalue weighted by molar-refractivity contribution is 5.59. The molecule has 3 aromatic rings. The molecule has 0 amide bonds. The fourth-order valence-corrected chi connectivity index (χ4v) is 3.17. The van der Waals surface area contributed by atoms with E-state index in [4.69, 9.17) is 0 Å². The number of hydrogen-bond acceptors (Lipinski definition) is 3. The van der Waals surface area contributed by atoms with Crippen molar-refractivity contribution in [2.75, 3.05) is 0 Å². The minimum atomic E-state index is -3.13. The van der Waals surface area contributed by atoms with Crippen LogP contribution in [0.15, 0.2) is 48.8 Å². The average molecular weight is 439 g/mol. The molecular weight excluding hydrogens is 417 g/mol. The van der Waals surface area contributed by atoms with Gasteiger partial charge in [0.2, 0.25) is 6.43 Å². The first kappa shape index (κ1) is 22.9. The Balaban J connectivity index is 1.82. The normalized spacial score (nSPS) is 14.3. The van der Waals surface area contributed by atoms with Gasteiger partial charge in [-0.25, -0.2) is 26.9 Å². The minimum Gasteiger partial charge on any atom is -0.379 e. The minimum absolute atomic E-state index is 0.0424. The molecule has 0 spiro atoms. The van der Waals surface area contributed by atoms with Gasteiger partial charge >= 0.3 is 0 Å². The standard InChI is InChI=1S/C22H22F5N3O/c1-21(2,19(24)25)9-16-12-29-18(30-16)10-22(31,20(26)27)14-5-3-13(4-6-14)17-8-7-15(23)11-28-17/h3-8,11-12,19-20,31H,9-10H2,1-2H3,(H,29,30). The quantitative estimate of drug-likeness (QED) is 0.478. The predicted octanol–water partition coefficient (Wildman–Crippen LogP) is 5.14. The zero-order valence-electron chi connectivity index (χ0n) is 16.9. The fourth-order valence-electron chi connectivity index (χ4n) is 3.17. The van der Waals surface area contributed by atoms with Crippen LogP contribution in [0.2, 0.25) is 0 Å². The van der Waals surface area contributed by atoms with Gasteiger partial charge in [0.1, 0.15) is 11.6 Å². The summed E-state index contributed by atoms with van der Waals surface area (Å²) in [5, 5.41) is 10.7. The molecule has 9 heteroatoms. The lowest BCUT2D eigenvalue weighted by Crippen LogP contribution is -2.37. The Labute approximate surface area is 176 Å². The third-order valence-corrected chi connectivity index (χ3v) is 5.12. The van der Waals surface area contributed by atoms with Gasteiger partial charge in [-0.15, -0.1) is 0 Å². The summed E-state index contributed by atoms with van der Waals surface area (Å²) in [6, 6.07) is 8.38. The lowest BCUT2D eigenvalue weighted by atomic mass is 9.88. The fraction of sp³-hybridized carbons (Fsp3) is 0.364. The van der Waals surface area contributed by atoms with Gasteiger partial charge in [-0.3, -0.25) is 4.98 Å². The molecule has 1 atom stereocenters. The summed E-state index contributed by atoms with van der Waals surface area (Å²) in [7, 11) is 0. The van der Waals surface area contributed by atoms with E-state index >= 15 is 0 Å². The van der Waals surface area contributed by atoms with Gasteiger partial charge in [0.15, 0.2) is 5.60 Å². The van der Waals surface area contributed by atoms with Crippen molar-refractivity contribution in [1.82, 2.24) is 15.0 Å². The number of rotatable bonds is 8. The molecular formula is C22H22F5N3O. The number of aromatic amines is 1. The van der Waals surface area contributed by atoms with Crippen LogP contribution in [-0.4, -0.2) is 32.9 Å². The lowest BCUT2D eigenvalue weighted by molar-refractivity contribution is -0.102. The van der Waals surface area contributed by atoms with Gasteiger partial charge in [-0.2, -0.15) is 0 Å². The zero-order valence-corrected chi connectivity index (χ0v) is 16.9. The molecule has 0 bridgehead atoms. The molecule has 2 N–H and O–H groups in total. The van der Waals surface area contributed by atoms with Gasteiger partial charge in [0.25, 0.3) is 6.43 Å². The van der Waals surface area contributed by atoms with E-state index < -0.39 is 36.1 Å². The number of hydrogen-bond donors (Lipinski definition) is 2. The molecule has 2 heterocycles. The third kappa shape index (κ3) is 5.10. The Kier molecular flexibility index (Phi) is 6.45. The van der Waals surface area contributed by atoms with Crippen LogP contribution < -0.4 is 0 Å². The first-order valence-electron chi connectivity index (χ1n) is 9.55. The monoisotopic (exact) mass is 439 g/mol. The van der Waals surface area contributed by atoms with Crippen molar-refractivity contribution in [3.8, 4) is 11.3 Å². The summed E-state index contributed by atoms with van der Waals surface area (Å²) in [6.07, 6.45) is -3.85. The lowest BCUT2D eigenvalue weighted by Gasteiger charge is -2.27. The van der Waals surface area contributed by atoms with Gasteiger partial charge in [0, 0.05) is 30.0 Å². The summed E-state index contributed by atoms with van der Waals surface area (Å²) in [5.74, 6) is -0.436. The maximum atomic E-state index is 13.9. The van der Waals surface area contributed by atoms with Crippen molar-refractivity contribution in [2.45, 2.75) is 45.1 Å². The van der Waals surface area contributed by atoms with Crippen LogP contribution in [0.5, 0.6) is 0 Å². The molecule has 0 saturated heterocycles. The number of H-pyrrole nitrogens is 1. The highest BCUT2D eigenvalue weighted by atomic mass is 19.3. The summed E-state index contributed by atoms with van der Waals surface area (Å²) in [4.78, 5) is 10.7. The molecule has 0 radical (unpaired) electrons. The SMILES string of the molecule is CC(C)(Cc1c[nH]c(CC(O)(c2ccc(-c3ccc(F)cn3)cc2)C(F)F)n1)C(F)F. The number of aromatic nitrogens is 3. The van der Waals surface area contributed by atoms with Gasteiger partial charge in [-0.05, 0) is 17.7 Å². The van der Waals surface area contributed by atoms with E-state index in [1.807, 2.05) is 0 Å². The number of halogens is 5. The van der Waals surface area contributed by atoms with Gasteiger partial charge in [0.05, 0.1) is 17.6 Å². The van der Waals surface area contributed by atoms with Crippen LogP contribution in [0.1, 0.15) is 30.9 Å². The molecule has 0 aliphatic carbocycles. The number of nitrogens with one attached hydrogen (secondary N) is 1. The summed E-state index contributed by atoms with van der Waals surface area (Å²) >= 11 is 0. The first-order valence-corrected chi connectivity index (χ1v) is 9.55. The van der Waals surface area contributed by atoms with Crippen molar-refractivity contribution in [3.63, 3.8) is 0 Å². The van der Waals surface area contributed by atoms with Gasteiger partial charge in [-0.1, -0.05) is 38.1 Å². The molecule has 4 nitrogen and oxygen atoms in total. The maximum Gasteiger partial charge on any atom is 0.271 e. The highest BCUT2D eigenvalue weighted by Crippen LogP contribution is 2.34. The number of alkyl halides is 4. The number of nitrogens with zero attached hydrogens (tertiary/aromatic N) is 2. The Morgan fingerprint density at radius 2 is 1.65 bits per heavy atom. The molecule has 31 heavy (non-hydrogen) atoms. The second kappa shape index (κ2) is 8.74. The largest absolute Gasteiger partial charge is 0.379 e. The Hall–Kier alpha value is -2.81. The number of pyridine rings is 1. The zero-order chi connectivity index (χ0) is 22.8. The van der Waals surface area contributed by atoms with Crippen LogP contribution >= 0.6 is 0 Å². The van der Waals surface area contributed by atoms with E-state index in [0.717, 1.165) is 6.20 Å². The Morgan fingerprint density at radius 1 is 0.968 bits per heavy atom. The van der Waals surface area contributed by atoms with Crippen LogP contribution in [0.4, 0.5) is 22.0 Å². The van der Waals surface area contributed by atoms with Crippen molar-refractivity contribution in [1.29, 1.82) is 0 Å². The van der Waals surface area contributed by atoms with Crippen molar-refractivity contribution >= 4 is 0 Å². The maximum absolute atomic E-state index is 13.9. The summed E-state index contributed by atoms with van der Waals surface area (Å²) in [5.41, 5.74) is -2.59. The third-order valence-electron chi connectivity index (χ3n) is 5.12. The summed E-state index contributed by atoms with van der Waals surface area (Å²) in [6.45, 7) is 2.78. The van der Waals surface area contributed by atoms with Crippen molar-refractivity contribution in [2.24, 2.45) is 5.41 Å². The molecule has 1 unspecified atom stereocenters. The molecule has 0 aliphatic heterocycles. The molecule has 0 saturated carbocycles. The van der Waals surface area contributed by atoms with E-state index in [1.165, 1.54) is 56.4 Å². The van der Waals surface area contributed by atoms with E-state index in [2.05, 4.69) is 15.0 Å². The van der Waals surface area contributed by atoms with Crippen LogP contribution in [0.3, 0.4) is 0 Å². The molecule has 0 aliphatic rings. The Morgan fingerprint density at radius 3 is 2.19 bits per heavy atom. The van der Waals surface area contributed by atoms with Crippen molar-refractivity contribution in [3.05, 3.63) is 71.7 Å². The van der Waals surface area contributed by atoms with E-state index in [0.29, 0.717) is 17.0 Å².